The van der Waals surface area contributed by atoms with Crippen LogP contribution in [0.25, 0.3) is 11.8 Å². The van der Waals surface area contributed by atoms with Gasteiger partial charge in [0.25, 0.3) is 11.1 Å². The van der Waals surface area contributed by atoms with Crippen molar-refractivity contribution in [2.45, 2.75) is 13.8 Å². The van der Waals surface area contributed by atoms with E-state index in [1.54, 1.807) is 12.1 Å². The van der Waals surface area contributed by atoms with E-state index in [1.807, 2.05) is 74.5 Å². The molecule has 1 aromatic heterocycles. The number of carbonyl (C=O) groups excluding carboxylic acids is 2. The van der Waals surface area contributed by atoms with Gasteiger partial charge in [-0.3, -0.25) is 9.59 Å². The molecule has 0 atom stereocenters. The summed E-state index contributed by atoms with van der Waals surface area (Å²) in [5, 5.41) is -0.269. The molecule has 3 aromatic rings. The van der Waals surface area contributed by atoms with Gasteiger partial charge in [-0.15, -0.1) is 0 Å². The van der Waals surface area contributed by atoms with Gasteiger partial charge in [-0.2, -0.15) is 0 Å². The minimum Gasteiger partial charge on any atom is -0.318 e. The lowest BCUT2D eigenvalue weighted by atomic mass is 10.2. The molecule has 0 bridgehead atoms. The standard InChI is InChI=1S/C22H18N2O2S/c1-15-13-17(16(2)23(15)18-9-5-3-6-10-18)14-20-21(25)24(22(26)27-20)19-11-7-4-8-12-19/h3-14H,1-2H3/b20-14+. The molecular weight excluding hydrogens is 356 g/mol. The molecule has 1 aliphatic rings. The molecule has 0 aliphatic carbocycles. The average Bonchev–Trinajstić information content (AvgIpc) is 3.11. The molecule has 0 N–H and O–H groups in total. The second kappa shape index (κ2) is 6.93. The van der Waals surface area contributed by atoms with E-state index in [9.17, 15) is 9.59 Å². The average molecular weight is 374 g/mol. The molecule has 0 spiro atoms. The molecule has 134 valence electrons. The number of benzene rings is 2. The van der Waals surface area contributed by atoms with Gasteiger partial charge in [0.15, 0.2) is 0 Å². The fourth-order valence-corrected chi connectivity index (χ4v) is 4.15. The number of aromatic nitrogens is 1. The van der Waals surface area contributed by atoms with Crippen molar-refractivity contribution in [1.29, 1.82) is 0 Å². The number of amides is 2. The lowest BCUT2D eigenvalue weighted by Gasteiger charge is -2.11. The van der Waals surface area contributed by atoms with Gasteiger partial charge in [0.05, 0.1) is 10.6 Å². The molecule has 1 saturated heterocycles. The smallest absolute Gasteiger partial charge is 0.298 e. The van der Waals surface area contributed by atoms with Crippen LogP contribution < -0.4 is 4.90 Å². The molecule has 5 heteroatoms. The quantitative estimate of drug-likeness (QED) is 0.582. The van der Waals surface area contributed by atoms with E-state index in [1.165, 1.54) is 4.90 Å². The number of para-hydroxylation sites is 2. The zero-order chi connectivity index (χ0) is 19.0. The Hall–Kier alpha value is -3.05. The van der Waals surface area contributed by atoms with E-state index >= 15 is 0 Å². The van der Waals surface area contributed by atoms with Crippen molar-refractivity contribution in [3.8, 4) is 5.69 Å². The zero-order valence-corrected chi connectivity index (χ0v) is 15.9. The summed E-state index contributed by atoms with van der Waals surface area (Å²) >= 11 is 0.980. The van der Waals surface area contributed by atoms with Crippen LogP contribution in [-0.4, -0.2) is 15.7 Å². The molecule has 2 heterocycles. The van der Waals surface area contributed by atoms with Crippen LogP contribution in [-0.2, 0) is 4.79 Å². The van der Waals surface area contributed by atoms with Crippen molar-refractivity contribution in [2.24, 2.45) is 0 Å². The van der Waals surface area contributed by atoms with E-state index < -0.39 is 0 Å². The zero-order valence-electron chi connectivity index (χ0n) is 15.0. The van der Waals surface area contributed by atoms with E-state index in [2.05, 4.69) is 4.57 Å². The first-order valence-electron chi connectivity index (χ1n) is 8.63. The Labute approximate surface area is 162 Å². The van der Waals surface area contributed by atoms with Gasteiger partial charge in [0.1, 0.15) is 0 Å². The molecule has 2 aromatic carbocycles. The van der Waals surface area contributed by atoms with Crippen molar-refractivity contribution in [3.63, 3.8) is 0 Å². The number of rotatable bonds is 3. The number of anilines is 1. The summed E-state index contributed by atoms with van der Waals surface area (Å²) in [4.78, 5) is 26.9. The second-order valence-corrected chi connectivity index (χ2v) is 7.34. The summed E-state index contributed by atoms with van der Waals surface area (Å²) in [6.45, 7) is 4.06. The van der Waals surface area contributed by atoms with Crippen molar-refractivity contribution >= 4 is 34.7 Å². The van der Waals surface area contributed by atoms with Gasteiger partial charge in [0, 0.05) is 17.1 Å². The van der Waals surface area contributed by atoms with Crippen molar-refractivity contribution in [2.75, 3.05) is 4.90 Å². The van der Waals surface area contributed by atoms with Gasteiger partial charge in [-0.25, -0.2) is 4.90 Å². The molecule has 4 rings (SSSR count). The Morgan fingerprint density at radius 3 is 2.07 bits per heavy atom. The summed E-state index contributed by atoms with van der Waals surface area (Å²) in [7, 11) is 0. The van der Waals surface area contributed by atoms with E-state index in [0.29, 0.717) is 10.6 Å². The third-order valence-corrected chi connectivity index (χ3v) is 5.45. The molecule has 27 heavy (non-hydrogen) atoms. The minimum absolute atomic E-state index is 0.269. The van der Waals surface area contributed by atoms with Gasteiger partial charge >= 0.3 is 0 Å². The highest BCUT2D eigenvalue weighted by Crippen LogP contribution is 2.36. The van der Waals surface area contributed by atoms with Crippen molar-refractivity contribution < 1.29 is 9.59 Å². The molecule has 0 radical (unpaired) electrons. The summed E-state index contributed by atoms with van der Waals surface area (Å²) in [5.41, 5.74) is 4.72. The lowest BCUT2D eigenvalue weighted by Crippen LogP contribution is -2.27. The fraction of sp³-hybridized carbons (Fsp3) is 0.0909. The third kappa shape index (κ3) is 3.11. The Balaban J connectivity index is 1.71. The Kier molecular flexibility index (Phi) is 4.46. The predicted molar refractivity (Wildman–Crippen MR) is 110 cm³/mol. The minimum atomic E-state index is -0.277. The topological polar surface area (TPSA) is 42.3 Å². The van der Waals surface area contributed by atoms with Gasteiger partial charge in [0.2, 0.25) is 0 Å². The number of carbonyl (C=O) groups is 2. The molecule has 0 saturated carbocycles. The van der Waals surface area contributed by atoms with Gasteiger partial charge < -0.3 is 4.57 Å². The first-order valence-corrected chi connectivity index (χ1v) is 9.45. The first-order chi connectivity index (χ1) is 13.1. The van der Waals surface area contributed by atoms with Gasteiger partial charge in [-0.1, -0.05) is 36.4 Å². The second-order valence-electron chi connectivity index (χ2n) is 6.35. The molecule has 4 nitrogen and oxygen atoms in total. The maximum Gasteiger partial charge on any atom is 0.298 e. The predicted octanol–water partition coefficient (Wildman–Crippen LogP) is 5.34. The highest BCUT2D eigenvalue weighted by molar-refractivity contribution is 8.19. The Bertz CT molecular complexity index is 1050. The van der Waals surface area contributed by atoms with Crippen LogP contribution in [0.1, 0.15) is 17.0 Å². The highest BCUT2D eigenvalue weighted by Gasteiger charge is 2.36. The summed E-state index contributed by atoms with van der Waals surface area (Å²) in [5.74, 6) is -0.277. The SMILES string of the molecule is Cc1cc(/C=C2/SC(=O)N(c3ccccc3)C2=O)c(C)n1-c1ccccc1. The maximum atomic E-state index is 12.8. The van der Waals surface area contributed by atoms with Crippen LogP contribution in [0.15, 0.2) is 71.6 Å². The molecule has 0 unspecified atom stereocenters. The Morgan fingerprint density at radius 2 is 1.44 bits per heavy atom. The van der Waals surface area contributed by atoms with E-state index in [-0.39, 0.29) is 11.1 Å². The summed E-state index contributed by atoms with van der Waals surface area (Å²) < 4.78 is 2.15. The lowest BCUT2D eigenvalue weighted by molar-refractivity contribution is -0.113. The van der Waals surface area contributed by atoms with Crippen molar-refractivity contribution in [1.82, 2.24) is 4.57 Å². The van der Waals surface area contributed by atoms with Crippen LogP contribution in [0.5, 0.6) is 0 Å². The summed E-state index contributed by atoms with van der Waals surface area (Å²) in [6, 6.07) is 21.1. The van der Waals surface area contributed by atoms with Gasteiger partial charge in [-0.05, 0) is 67.6 Å². The molecular formula is C22H18N2O2S. The van der Waals surface area contributed by atoms with Crippen LogP contribution in [0, 0.1) is 13.8 Å². The number of thioether (sulfide) groups is 1. The van der Waals surface area contributed by atoms with E-state index in [0.717, 1.165) is 34.4 Å². The number of hydrogen-bond acceptors (Lipinski definition) is 3. The number of imide groups is 1. The van der Waals surface area contributed by atoms with E-state index in [4.69, 9.17) is 0 Å². The fourth-order valence-electron chi connectivity index (χ4n) is 3.32. The molecule has 1 aliphatic heterocycles. The van der Waals surface area contributed by atoms with Crippen molar-refractivity contribution in [3.05, 3.63) is 88.6 Å². The normalized spacial score (nSPS) is 15.8. The molecule has 2 amide bonds. The van der Waals surface area contributed by atoms with Crippen LogP contribution in [0.2, 0.25) is 0 Å². The van der Waals surface area contributed by atoms with Crippen LogP contribution in [0.3, 0.4) is 0 Å². The molecule has 1 fully saturated rings. The number of aryl methyl sites for hydroxylation is 1. The maximum absolute atomic E-state index is 12.8. The largest absolute Gasteiger partial charge is 0.318 e. The van der Waals surface area contributed by atoms with Crippen LogP contribution in [0.4, 0.5) is 10.5 Å². The van der Waals surface area contributed by atoms with Crippen LogP contribution >= 0.6 is 11.8 Å². The summed E-state index contributed by atoms with van der Waals surface area (Å²) in [6.07, 6.45) is 1.82. The Morgan fingerprint density at radius 1 is 0.852 bits per heavy atom. The monoisotopic (exact) mass is 374 g/mol. The number of hydrogen-bond donors (Lipinski definition) is 0. The first kappa shape index (κ1) is 17.4. The number of nitrogens with zero attached hydrogens (tertiary/aromatic N) is 2. The third-order valence-electron chi connectivity index (χ3n) is 4.58. The highest BCUT2D eigenvalue weighted by atomic mass is 32.2.